The Balaban J connectivity index is 1.45. The summed E-state index contributed by atoms with van der Waals surface area (Å²) in [5.74, 6) is 0.494. The Labute approximate surface area is 190 Å². The van der Waals surface area contributed by atoms with Gasteiger partial charge in [0.1, 0.15) is 5.75 Å². The molecule has 6 heteroatoms. The van der Waals surface area contributed by atoms with Gasteiger partial charge in [-0.2, -0.15) is 0 Å². The number of ether oxygens (including phenoxy) is 1. The molecular weight excluding hydrogens is 422 g/mol. The first-order chi connectivity index (χ1) is 15.5. The lowest BCUT2D eigenvalue weighted by molar-refractivity contribution is -0.136. The zero-order valence-corrected chi connectivity index (χ0v) is 18.5. The zero-order chi connectivity index (χ0) is 22.5. The van der Waals surface area contributed by atoms with Crippen LogP contribution >= 0.6 is 11.8 Å². The molecule has 3 aromatic carbocycles. The highest BCUT2D eigenvalue weighted by Gasteiger charge is 2.17. The molecule has 0 radical (unpaired) electrons. The van der Waals surface area contributed by atoms with Crippen molar-refractivity contribution in [2.75, 3.05) is 12.4 Å². The minimum absolute atomic E-state index is 0.0798. The molecule has 162 valence electrons. The average molecular weight is 446 g/mol. The zero-order valence-electron chi connectivity index (χ0n) is 17.7. The Bertz CT molecular complexity index is 1250. The number of hydrogen-bond acceptors (Lipinski definition) is 4. The molecule has 4 rings (SSSR count). The Morgan fingerprint density at radius 2 is 1.72 bits per heavy atom. The number of nitrogens with zero attached hydrogens (tertiary/aromatic N) is 1. The van der Waals surface area contributed by atoms with Crippen LogP contribution in [0.2, 0.25) is 0 Å². The van der Waals surface area contributed by atoms with Crippen LogP contribution in [0, 0.1) is 6.92 Å². The van der Waals surface area contributed by atoms with Crippen LogP contribution in [0.1, 0.15) is 21.6 Å². The number of aromatic nitrogens is 1. The van der Waals surface area contributed by atoms with E-state index in [1.165, 1.54) is 4.90 Å². The van der Waals surface area contributed by atoms with Crippen molar-refractivity contribution in [3.05, 3.63) is 95.7 Å². The van der Waals surface area contributed by atoms with E-state index < -0.39 is 5.97 Å². The third-order valence-electron chi connectivity index (χ3n) is 5.13. The first kappa shape index (κ1) is 21.7. The lowest BCUT2D eigenvalue weighted by Crippen LogP contribution is -2.13. The monoisotopic (exact) mass is 445 g/mol. The lowest BCUT2D eigenvalue weighted by Gasteiger charge is -2.10. The van der Waals surface area contributed by atoms with E-state index in [-0.39, 0.29) is 12.3 Å². The van der Waals surface area contributed by atoms with Gasteiger partial charge < -0.3 is 9.84 Å². The van der Waals surface area contributed by atoms with Crippen molar-refractivity contribution in [1.82, 2.24) is 4.57 Å². The topological polar surface area (TPSA) is 68.5 Å². The van der Waals surface area contributed by atoms with Gasteiger partial charge in [-0.3, -0.25) is 14.2 Å². The first-order valence-electron chi connectivity index (χ1n) is 10.3. The number of carbonyl (C=O) groups excluding carboxylic acids is 1. The molecule has 0 saturated heterocycles. The highest BCUT2D eigenvalue weighted by atomic mass is 32.2. The molecule has 5 nitrogen and oxygen atoms in total. The van der Waals surface area contributed by atoms with E-state index in [0.717, 1.165) is 16.8 Å². The summed E-state index contributed by atoms with van der Waals surface area (Å²) >= 11 is 1.73. The van der Waals surface area contributed by atoms with Gasteiger partial charge in [0.25, 0.3) is 5.91 Å². The number of fused-ring (bicyclic) bond motifs is 1. The minimum Gasteiger partial charge on any atom is -0.493 e. The van der Waals surface area contributed by atoms with Crippen LogP contribution in [-0.4, -0.2) is 33.9 Å². The normalized spacial score (nSPS) is 10.9. The molecular formula is C26H23NO4S. The Kier molecular flexibility index (Phi) is 6.61. The number of aryl methyl sites for hydroxylation is 1. The highest BCUT2D eigenvalue weighted by molar-refractivity contribution is 7.99. The molecule has 4 aromatic rings. The molecule has 1 N–H and O–H groups in total. The lowest BCUT2D eigenvalue weighted by atomic mass is 10.1. The maximum atomic E-state index is 13.2. The van der Waals surface area contributed by atoms with E-state index in [0.29, 0.717) is 29.0 Å². The summed E-state index contributed by atoms with van der Waals surface area (Å²) in [6.07, 6.45) is -0.0798. The number of carbonyl (C=O) groups is 2. The molecule has 0 fully saturated rings. The predicted octanol–water partition coefficient (Wildman–Crippen LogP) is 5.44. The van der Waals surface area contributed by atoms with E-state index in [2.05, 4.69) is 12.1 Å². The number of thioether (sulfide) groups is 1. The third kappa shape index (κ3) is 4.86. The predicted molar refractivity (Wildman–Crippen MR) is 127 cm³/mol. The van der Waals surface area contributed by atoms with Crippen LogP contribution in [-0.2, 0) is 11.2 Å². The van der Waals surface area contributed by atoms with Crippen LogP contribution in [0.5, 0.6) is 5.75 Å². The van der Waals surface area contributed by atoms with Crippen molar-refractivity contribution in [3.63, 3.8) is 0 Å². The summed E-state index contributed by atoms with van der Waals surface area (Å²) in [7, 11) is 0. The fourth-order valence-corrected chi connectivity index (χ4v) is 4.42. The van der Waals surface area contributed by atoms with Gasteiger partial charge in [-0.05, 0) is 61.0 Å². The van der Waals surface area contributed by atoms with E-state index >= 15 is 0 Å². The van der Waals surface area contributed by atoms with Crippen molar-refractivity contribution >= 4 is 34.5 Å². The van der Waals surface area contributed by atoms with Crippen LogP contribution in [0.3, 0.4) is 0 Å². The molecule has 0 aliphatic rings. The third-order valence-corrected chi connectivity index (χ3v) is 6.11. The second-order valence-electron chi connectivity index (χ2n) is 7.38. The fraction of sp³-hybridized carbons (Fsp3) is 0.154. The van der Waals surface area contributed by atoms with Gasteiger partial charge >= 0.3 is 5.97 Å². The largest absolute Gasteiger partial charge is 0.493 e. The second kappa shape index (κ2) is 9.75. The quantitative estimate of drug-likeness (QED) is 0.289. The van der Waals surface area contributed by atoms with Gasteiger partial charge in [-0.25, -0.2) is 0 Å². The van der Waals surface area contributed by atoms with E-state index in [1.807, 2.05) is 37.3 Å². The molecule has 0 spiro atoms. The fourth-order valence-electron chi connectivity index (χ4n) is 3.67. The molecule has 0 atom stereocenters. The van der Waals surface area contributed by atoms with Gasteiger partial charge in [0.05, 0.1) is 18.5 Å². The molecule has 0 aliphatic heterocycles. The van der Waals surface area contributed by atoms with Crippen molar-refractivity contribution in [2.45, 2.75) is 18.2 Å². The van der Waals surface area contributed by atoms with Crippen LogP contribution in [0.4, 0.5) is 0 Å². The SMILES string of the molecule is Cc1cc2c(CC(=O)O)cccc2n1C(=O)c1ccc(OCCSc2ccccc2)cc1. The van der Waals surface area contributed by atoms with E-state index in [1.54, 1.807) is 52.7 Å². The molecule has 0 aliphatic carbocycles. The van der Waals surface area contributed by atoms with E-state index in [4.69, 9.17) is 9.84 Å². The number of benzene rings is 3. The molecule has 0 saturated carbocycles. The van der Waals surface area contributed by atoms with Crippen LogP contribution < -0.4 is 4.74 Å². The average Bonchev–Trinajstić information content (AvgIpc) is 3.14. The Morgan fingerprint density at radius 1 is 0.969 bits per heavy atom. The highest BCUT2D eigenvalue weighted by Crippen LogP contribution is 2.25. The molecule has 1 aromatic heterocycles. The standard InChI is InChI=1S/C26H23NO4S/c1-18-16-23-20(17-25(28)29)6-5-9-24(23)27(18)26(30)19-10-12-21(13-11-19)31-14-15-32-22-7-3-2-4-8-22/h2-13,16H,14-15,17H2,1H3,(H,28,29). The minimum atomic E-state index is -0.896. The second-order valence-corrected chi connectivity index (χ2v) is 8.55. The number of rotatable bonds is 8. The van der Waals surface area contributed by atoms with Gasteiger partial charge in [-0.1, -0.05) is 30.3 Å². The summed E-state index contributed by atoms with van der Waals surface area (Å²) in [6, 6.07) is 24.6. The number of carboxylic acid groups (broad SMARTS) is 1. The molecule has 0 amide bonds. The molecule has 32 heavy (non-hydrogen) atoms. The van der Waals surface area contributed by atoms with Gasteiger partial charge in [0, 0.05) is 27.3 Å². The Morgan fingerprint density at radius 3 is 2.44 bits per heavy atom. The number of hydrogen-bond donors (Lipinski definition) is 1. The summed E-state index contributed by atoms with van der Waals surface area (Å²) in [4.78, 5) is 25.6. The number of aliphatic carboxylic acids is 1. The number of carboxylic acids is 1. The van der Waals surface area contributed by atoms with Crippen molar-refractivity contribution in [3.8, 4) is 5.75 Å². The molecule has 0 bridgehead atoms. The maximum Gasteiger partial charge on any atom is 0.307 e. The first-order valence-corrected chi connectivity index (χ1v) is 11.3. The summed E-state index contributed by atoms with van der Waals surface area (Å²) in [5, 5.41) is 9.95. The van der Waals surface area contributed by atoms with Crippen molar-refractivity contribution in [2.24, 2.45) is 0 Å². The van der Waals surface area contributed by atoms with E-state index in [9.17, 15) is 9.59 Å². The van der Waals surface area contributed by atoms with Crippen molar-refractivity contribution < 1.29 is 19.4 Å². The van der Waals surface area contributed by atoms with Crippen LogP contribution in [0.25, 0.3) is 10.9 Å². The molecule has 1 heterocycles. The maximum absolute atomic E-state index is 13.2. The molecule has 0 unspecified atom stereocenters. The smallest absolute Gasteiger partial charge is 0.307 e. The van der Waals surface area contributed by atoms with Gasteiger partial charge in [0.15, 0.2) is 0 Å². The summed E-state index contributed by atoms with van der Waals surface area (Å²) in [5.41, 5.74) is 2.72. The van der Waals surface area contributed by atoms with Gasteiger partial charge in [0.2, 0.25) is 0 Å². The van der Waals surface area contributed by atoms with Gasteiger partial charge in [-0.15, -0.1) is 11.8 Å². The summed E-state index contributed by atoms with van der Waals surface area (Å²) < 4.78 is 7.44. The summed E-state index contributed by atoms with van der Waals surface area (Å²) in [6.45, 7) is 2.42. The Hall–Kier alpha value is -3.51. The van der Waals surface area contributed by atoms with Crippen molar-refractivity contribution in [1.29, 1.82) is 0 Å². The van der Waals surface area contributed by atoms with Crippen LogP contribution in [0.15, 0.2) is 83.8 Å².